The van der Waals surface area contributed by atoms with Crippen LogP contribution in [0.25, 0.3) is 0 Å². The van der Waals surface area contributed by atoms with E-state index in [4.69, 9.17) is 4.74 Å². The Morgan fingerprint density at radius 2 is 1.90 bits per heavy atom. The summed E-state index contributed by atoms with van der Waals surface area (Å²) < 4.78 is 5.79. The summed E-state index contributed by atoms with van der Waals surface area (Å²) in [5, 5.41) is 3.61. The van der Waals surface area contributed by atoms with Crippen molar-refractivity contribution in [1.82, 2.24) is 5.32 Å². The maximum absolute atomic E-state index is 5.79. The molecule has 0 bridgehead atoms. The Kier molecular flexibility index (Phi) is 6.06. The van der Waals surface area contributed by atoms with E-state index >= 15 is 0 Å². The highest BCUT2D eigenvalue weighted by Crippen LogP contribution is 2.27. The zero-order valence-corrected chi connectivity index (χ0v) is 13.2. The third kappa shape index (κ3) is 4.07. The molecular weight excluding hydrogens is 246 g/mol. The van der Waals surface area contributed by atoms with Crippen LogP contribution < -0.4 is 5.32 Å². The zero-order valence-electron chi connectivity index (χ0n) is 13.2. The molecule has 1 aliphatic rings. The van der Waals surface area contributed by atoms with Crippen LogP contribution in [0.3, 0.4) is 0 Å². The molecule has 0 aliphatic carbocycles. The summed E-state index contributed by atoms with van der Waals surface area (Å²) in [6, 6.07) is 9.61. The fourth-order valence-corrected chi connectivity index (χ4v) is 2.97. The van der Waals surface area contributed by atoms with E-state index in [-0.39, 0.29) is 0 Å². The molecule has 0 saturated carbocycles. The standard InChI is InChI=1S/C18H29NO/c1-4-14(3)15-8-10-16(11-9-15)18(19-5-2)13-17-7-6-12-20-17/h8-11,14,17-19H,4-7,12-13H2,1-3H3. The van der Waals surface area contributed by atoms with Crippen molar-refractivity contribution in [1.29, 1.82) is 0 Å². The molecule has 2 heteroatoms. The lowest BCUT2D eigenvalue weighted by Crippen LogP contribution is -2.25. The van der Waals surface area contributed by atoms with Gasteiger partial charge in [-0.15, -0.1) is 0 Å². The third-order valence-electron chi connectivity index (χ3n) is 4.49. The predicted octanol–water partition coefficient (Wildman–Crippen LogP) is 4.42. The molecule has 20 heavy (non-hydrogen) atoms. The van der Waals surface area contributed by atoms with Crippen molar-refractivity contribution >= 4 is 0 Å². The summed E-state index contributed by atoms with van der Waals surface area (Å²) in [5.41, 5.74) is 2.85. The van der Waals surface area contributed by atoms with Crippen molar-refractivity contribution in [3.63, 3.8) is 0 Å². The van der Waals surface area contributed by atoms with Gasteiger partial charge in [-0.2, -0.15) is 0 Å². The highest BCUT2D eigenvalue weighted by molar-refractivity contribution is 5.27. The van der Waals surface area contributed by atoms with Crippen molar-refractivity contribution in [3.05, 3.63) is 35.4 Å². The topological polar surface area (TPSA) is 21.3 Å². The molecule has 3 unspecified atom stereocenters. The van der Waals surface area contributed by atoms with Crippen LogP contribution in [0.4, 0.5) is 0 Å². The quantitative estimate of drug-likeness (QED) is 0.795. The van der Waals surface area contributed by atoms with E-state index < -0.39 is 0 Å². The van der Waals surface area contributed by atoms with Gasteiger partial charge in [-0.1, -0.05) is 45.0 Å². The van der Waals surface area contributed by atoms with Crippen LogP contribution >= 0.6 is 0 Å². The first kappa shape index (κ1) is 15.5. The van der Waals surface area contributed by atoms with E-state index in [1.54, 1.807) is 0 Å². The van der Waals surface area contributed by atoms with Crippen LogP contribution in [0.2, 0.25) is 0 Å². The van der Waals surface area contributed by atoms with Crippen LogP contribution in [-0.4, -0.2) is 19.3 Å². The molecule has 1 saturated heterocycles. The average molecular weight is 275 g/mol. The van der Waals surface area contributed by atoms with E-state index in [0.717, 1.165) is 19.6 Å². The van der Waals surface area contributed by atoms with Gasteiger partial charge >= 0.3 is 0 Å². The summed E-state index contributed by atoms with van der Waals surface area (Å²) >= 11 is 0. The van der Waals surface area contributed by atoms with Crippen LogP contribution in [0.15, 0.2) is 24.3 Å². The Labute approximate surface area is 123 Å². The van der Waals surface area contributed by atoms with Gasteiger partial charge in [0, 0.05) is 12.6 Å². The Morgan fingerprint density at radius 3 is 2.45 bits per heavy atom. The van der Waals surface area contributed by atoms with Gasteiger partial charge in [-0.05, 0) is 49.3 Å². The Bertz CT molecular complexity index is 381. The molecule has 2 nitrogen and oxygen atoms in total. The second-order valence-corrected chi connectivity index (χ2v) is 5.96. The van der Waals surface area contributed by atoms with Gasteiger partial charge in [-0.3, -0.25) is 0 Å². The molecule has 0 aromatic heterocycles. The number of benzene rings is 1. The second-order valence-electron chi connectivity index (χ2n) is 5.96. The second kappa shape index (κ2) is 7.80. The maximum Gasteiger partial charge on any atom is 0.0594 e. The number of rotatable bonds is 7. The maximum atomic E-state index is 5.79. The van der Waals surface area contributed by atoms with Crippen LogP contribution in [0.1, 0.15) is 69.5 Å². The first-order chi connectivity index (χ1) is 9.74. The fraction of sp³-hybridized carbons (Fsp3) is 0.667. The van der Waals surface area contributed by atoms with E-state index in [0.29, 0.717) is 18.1 Å². The fourth-order valence-electron chi connectivity index (χ4n) is 2.97. The number of ether oxygens (including phenoxy) is 1. The zero-order chi connectivity index (χ0) is 14.4. The molecule has 1 heterocycles. The van der Waals surface area contributed by atoms with Crippen LogP contribution in [0.5, 0.6) is 0 Å². The molecule has 1 N–H and O–H groups in total. The summed E-state index contributed by atoms with van der Waals surface area (Å²) in [7, 11) is 0. The molecule has 2 rings (SSSR count). The first-order valence-electron chi connectivity index (χ1n) is 8.19. The van der Waals surface area contributed by atoms with E-state index in [1.807, 2.05) is 0 Å². The largest absolute Gasteiger partial charge is 0.378 e. The van der Waals surface area contributed by atoms with Gasteiger partial charge in [0.05, 0.1) is 6.10 Å². The van der Waals surface area contributed by atoms with Crippen LogP contribution in [-0.2, 0) is 4.74 Å². The summed E-state index contributed by atoms with van der Waals surface area (Å²) in [5.74, 6) is 0.653. The summed E-state index contributed by atoms with van der Waals surface area (Å²) in [6.45, 7) is 8.66. The molecule has 0 amide bonds. The monoisotopic (exact) mass is 275 g/mol. The van der Waals surface area contributed by atoms with E-state index in [9.17, 15) is 0 Å². The summed E-state index contributed by atoms with van der Waals surface area (Å²) in [6.07, 6.45) is 5.17. The smallest absolute Gasteiger partial charge is 0.0594 e. The molecule has 0 spiro atoms. The molecule has 1 fully saturated rings. The van der Waals surface area contributed by atoms with Crippen molar-refractivity contribution in [2.75, 3.05) is 13.2 Å². The highest BCUT2D eigenvalue weighted by Gasteiger charge is 2.21. The van der Waals surface area contributed by atoms with Crippen molar-refractivity contribution in [2.45, 2.75) is 64.5 Å². The number of nitrogens with one attached hydrogen (secondary N) is 1. The lowest BCUT2D eigenvalue weighted by atomic mass is 9.94. The first-order valence-corrected chi connectivity index (χ1v) is 8.19. The molecule has 1 aromatic rings. The van der Waals surface area contributed by atoms with Gasteiger partial charge < -0.3 is 10.1 Å². The molecule has 1 aromatic carbocycles. The normalized spacial score (nSPS) is 21.9. The van der Waals surface area contributed by atoms with Gasteiger partial charge in [0.25, 0.3) is 0 Å². The SMILES string of the molecule is CCNC(CC1CCCO1)c1ccc(C(C)CC)cc1. The molecule has 3 atom stereocenters. The molecular formula is C18H29NO. The van der Waals surface area contributed by atoms with E-state index in [1.165, 1.54) is 30.4 Å². The number of hydrogen-bond acceptors (Lipinski definition) is 2. The van der Waals surface area contributed by atoms with Crippen molar-refractivity contribution in [2.24, 2.45) is 0 Å². The van der Waals surface area contributed by atoms with Crippen molar-refractivity contribution in [3.8, 4) is 0 Å². The minimum absolute atomic E-state index is 0.425. The summed E-state index contributed by atoms with van der Waals surface area (Å²) in [4.78, 5) is 0. The third-order valence-corrected chi connectivity index (χ3v) is 4.49. The van der Waals surface area contributed by atoms with Gasteiger partial charge in [0.1, 0.15) is 0 Å². The van der Waals surface area contributed by atoms with Gasteiger partial charge in [0.2, 0.25) is 0 Å². The lowest BCUT2D eigenvalue weighted by Gasteiger charge is -2.22. The Morgan fingerprint density at radius 1 is 1.20 bits per heavy atom. The molecule has 1 aliphatic heterocycles. The van der Waals surface area contributed by atoms with E-state index in [2.05, 4.69) is 50.4 Å². The minimum Gasteiger partial charge on any atom is -0.378 e. The van der Waals surface area contributed by atoms with Gasteiger partial charge in [-0.25, -0.2) is 0 Å². The Balaban J connectivity index is 2.03. The predicted molar refractivity (Wildman–Crippen MR) is 85.2 cm³/mol. The average Bonchev–Trinajstić information content (AvgIpc) is 2.99. The van der Waals surface area contributed by atoms with Gasteiger partial charge in [0.15, 0.2) is 0 Å². The highest BCUT2D eigenvalue weighted by atomic mass is 16.5. The molecule has 112 valence electrons. The minimum atomic E-state index is 0.425. The van der Waals surface area contributed by atoms with Crippen molar-refractivity contribution < 1.29 is 4.74 Å². The lowest BCUT2D eigenvalue weighted by molar-refractivity contribution is 0.0947. The Hall–Kier alpha value is -0.860. The molecule has 0 radical (unpaired) electrons. The van der Waals surface area contributed by atoms with Crippen LogP contribution in [0, 0.1) is 0 Å². The number of hydrogen-bond donors (Lipinski definition) is 1.